The Kier molecular flexibility index (Phi) is 5.80. The highest BCUT2D eigenvalue weighted by Crippen LogP contribution is 2.59. The summed E-state index contributed by atoms with van der Waals surface area (Å²) in [5.74, 6) is -3.72. The molecule has 0 aromatic rings. The summed E-state index contributed by atoms with van der Waals surface area (Å²) in [5, 5.41) is 19.8. The molecule has 2 N–H and O–H groups in total. The molecule has 0 radical (unpaired) electrons. The first kappa shape index (κ1) is 21.8. The fourth-order valence-corrected chi connectivity index (χ4v) is 5.48. The Hall–Kier alpha value is -1.93. The Bertz CT molecular complexity index is 707. The number of amides is 2. The van der Waals surface area contributed by atoms with Crippen LogP contribution >= 0.6 is 0 Å². The van der Waals surface area contributed by atoms with E-state index >= 15 is 0 Å². The standard InChI is InChI=1S/C21H32N2O6/c1-6-9-22(12(4)5)19(26)17-21-8-7-14(29-21)15(20(27)28)16(21)18(25)23(17)13(10-24)11(2)3/h6,11-17,24H,1,7-10H2,2-5H3,(H,27,28)/t13-,14-,15+,16+,17-,21+/m0/s1. The van der Waals surface area contributed by atoms with Gasteiger partial charge in [-0.05, 0) is 32.6 Å². The predicted octanol–water partition coefficient (Wildman–Crippen LogP) is 0.886. The summed E-state index contributed by atoms with van der Waals surface area (Å²) in [7, 11) is 0. The SMILES string of the molecule is C=CCN(C(=O)[C@@H]1N([C@@H](CO)C(C)C)C(=O)[C@H]2[C@H](C(=O)O)[C@@H]3CC[C@]12O3)C(C)C. The first-order valence-corrected chi connectivity index (χ1v) is 10.4. The van der Waals surface area contributed by atoms with Gasteiger partial charge in [-0.1, -0.05) is 19.9 Å². The number of aliphatic hydroxyl groups is 1. The summed E-state index contributed by atoms with van der Waals surface area (Å²) in [6.07, 6.45) is 2.04. The van der Waals surface area contributed by atoms with Crippen molar-refractivity contribution < 1.29 is 29.3 Å². The first-order valence-electron chi connectivity index (χ1n) is 10.4. The minimum absolute atomic E-state index is 0.109. The van der Waals surface area contributed by atoms with Crippen molar-refractivity contribution in [3.05, 3.63) is 12.7 Å². The Morgan fingerprint density at radius 1 is 1.38 bits per heavy atom. The smallest absolute Gasteiger partial charge is 0.310 e. The van der Waals surface area contributed by atoms with Crippen LogP contribution in [0.5, 0.6) is 0 Å². The highest BCUT2D eigenvalue weighted by Gasteiger charge is 2.75. The maximum Gasteiger partial charge on any atom is 0.310 e. The van der Waals surface area contributed by atoms with Gasteiger partial charge < -0.3 is 24.7 Å². The third-order valence-electron chi connectivity index (χ3n) is 6.80. The van der Waals surface area contributed by atoms with Crippen molar-refractivity contribution in [3.8, 4) is 0 Å². The van der Waals surface area contributed by atoms with Crippen LogP contribution < -0.4 is 0 Å². The number of fused-ring (bicyclic) bond motifs is 1. The number of hydrogen-bond donors (Lipinski definition) is 2. The summed E-state index contributed by atoms with van der Waals surface area (Å²) in [4.78, 5) is 42.3. The number of carbonyl (C=O) groups is 3. The summed E-state index contributed by atoms with van der Waals surface area (Å²) < 4.78 is 6.18. The maximum atomic E-state index is 13.8. The minimum Gasteiger partial charge on any atom is -0.481 e. The number of aliphatic hydroxyl groups excluding tert-OH is 1. The van der Waals surface area contributed by atoms with Crippen molar-refractivity contribution in [1.82, 2.24) is 9.80 Å². The van der Waals surface area contributed by atoms with Crippen LogP contribution in [0.15, 0.2) is 12.7 Å². The monoisotopic (exact) mass is 408 g/mol. The van der Waals surface area contributed by atoms with Gasteiger partial charge in [-0.25, -0.2) is 0 Å². The molecule has 0 aromatic heterocycles. The molecule has 2 bridgehead atoms. The molecule has 29 heavy (non-hydrogen) atoms. The summed E-state index contributed by atoms with van der Waals surface area (Å²) in [6.45, 7) is 11.3. The second kappa shape index (κ2) is 7.72. The van der Waals surface area contributed by atoms with Crippen molar-refractivity contribution in [2.75, 3.05) is 13.2 Å². The molecule has 3 heterocycles. The molecule has 0 unspecified atom stereocenters. The number of carboxylic acids is 1. The highest BCUT2D eigenvalue weighted by molar-refractivity contribution is 5.98. The molecular weight excluding hydrogens is 376 g/mol. The number of hydrogen-bond acceptors (Lipinski definition) is 5. The number of carbonyl (C=O) groups excluding carboxylic acids is 2. The van der Waals surface area contributed by atoms with Crippen LogP contribution in [-0.2, 0) is 19.1 Å². The van der Waals surface area contributed by atoms with Gasteiger partial charge >= 0.3 is 5.97 Å². The van der Waals surface area contributed by atoms with Gasteiger partial charge in [0, 0.05) is 12.6 Å². The number of aliphatic carboxylic acids is 1. The highest BCUT2D eigenvalue weighted by atomic mass is 16.5. The van der Waals surface area contributed by atoms with E-state index in [9.17, 15) is 24.6 Å². The minimum atomic E-state index is -1.15. The van der Waals surface area contributed by atoms with E-state index in [0.717, 1.165) is 0 Å². The van der Waals surface area contributed by atoms with Crippen molar-refractivity contribution in [1.29, 1.82) is 0 Å². The van der Waals surface area contributed by atoms with Gasteiger partial charge in [-0.15, -0.1) is 6.58 Å². The van der Waals surface area contributed by atoms with Gasteiger partial charge in [0.2, 0.25) is 11.8 Å². The van der Waals surface area contributed by atoms with Crippen LogP contribution in [0, 0.1) is 17.8 Å². The lowest BCUT2D eigenvalue weighted by Crippen LogP contribution is -2.60. The Balaban J connectivity index is 2.13. The van der Waals surface area contributed by atoms with E-state index in [2.05, 4.69) is 6.58 Å². The van der Waals surface area contributed by atoms with Gasteiger partial charge in [0.1, 0.15) is 11.6 Å². The van der Waals surface area contributed by atoms with Crippen molar-refractivity contribution in [2.24, 2.45) is 17.8 Å². The van der Waals surface area contributed by atoms with E-state index in [-0.39, 0.29) is 24.5 Å². The summed E-state index contributed by atoms with van der Waals surface area (Å²) in [5.41, 5.74) is -1.15. The molecule has 0 aliphatic carbocycles. The third kappa shape index (κ3) is 3.08. The zero-order valence-electron chi connectivity index (χ0n) is 17.6. The third-order valence-corrected chi connectivity index (χ3v) is 6.80. The fourth-order valence-electron chi connectivity index (χ4n) is 5.48. The summed E-state index contributed by atoms with van der Waals surface area (Å²) >= 11 is 0. The average molecular weight is 408 g/mol. The molecule has 3 aliphatic heterocycles. The van der Waals surface area contributed by atoms with Crippen LogP contribution in [0.25, 0.3) is 0 Å². The molecular formula is C21H32N2O6. The van der Waals surface area contributed by atoms with E-state index < -0.39 is 47.5 Å². The molecule has 0 saturated carbocycles. The van der Waals surface area contributed by atoms with Crippen LogP contribution in [0.3, 0.4) is 0 Å². The van der Waals surface area contributed by atoms with Crippen molar-refractivity contribution >= 4 is 17.8 Å². The number of rotatable bonds is 8. The lowest BCUT2D eigenvalue weighted by Gasteiger charge is -2.41. The topological polar surface area (TPSA) is 107 Å². The van der Waals surface area contributed by atoms with E-state index in [4.69, 9.17) is 4.74 Å². The predicted molar refractivity (Wildman–Crippen MR) is 105 cm³/mol. The molecule has 3 rings (SSSR count). The van der Waals surface area contributed by atoms with Crippen LogP contribution in [0.4, 0.5) is 0 Å². The lowest BCUT2D eigenvalue weighted by atomic mass is 9.70. The average Bonchev–Trinajstić information content (AvgIpc) is 3.27. The second-order valence-electron chi connectivity index (χ2n) is 9.01. The molecule has 1 spiro atoms. The Labute approximate surface area is 171 Å². The van der Waals surface area contributed by atoms with Crippen LogP contribution in [0.1, 0.15) is 40.5 Å². The van der Waals surface area contributed by atoms with E-state index in [1.54, 1.807) is 11.0 Å². The van der Waals surface area contributed by atoms with Crippen molar-refractivity contribution in [2.45, 2.75) is 70.4 Å². The van der Waals surface area contributed by atoms with Gasteiger partial charge in [-0.3, -0.25) is 14.4 Å². The lowest BCUT2D eigenvalue weighted by molar-refractivity contribution is -0.154. The number of likely N-dealkylation sites (tertiary alicyclic amines) is 1. The largest absolute Gasteiger partial charge is 0.481 e. The van der Waals surface area contributed by atoms with Gasteiger partial charge in [0.15, 0.2) is 0 Å². The summed E-state index contributed by atoms with van der Waals surface area (Å²) in [6, 6.07) is -1.67. The molecule has 3 aliphatic rings. The number of ether oxygens (including phenoxy) is 1. The molecule has 8 nitrogen and oxygen atoms in total. The van der Waals surface area contributed by atoms with Gasteiger partial charge in [0.25, 0.3) is 0 Å². The Morgan fingerprint density at radius 2 is 2.03 bits per heavy atom. The second-order valence-corrected chi connectivity index (χ2v) is 9.01. The molecule has 162 valence electrons. The van der Waals surface area contributed by atoms with Crippen molar-refractivity contribution in [3.63, 3.8) is 0 Å². The fraction of sp³-hybridized carbons (Fsp3) is 0.762. The molecule has 0 aromatic carbocycles. The van der Waals surface area contributed by atoms with Crippen LogP contribution in [-0.4, -0.2) is 80.8 Å². The zero-order valence-corrected chi connectivity index (χ0v) is 17.6. The molecule has 6 atom stereocenters. The van der Waals surface area contributed by atoms with Gasteiger partial charge in [-0.2, -0.15) is 0 Å². The molecule has 3 fully saturated rings. The molecule has 2 amide bonds. The van der Waals surface area contributed by atoms with E-state index in [1.807, 2.05) is 27.7 Å². The van der Waals surface area contributed by atoms with E-state index in [1.165, 1.54) is 4.90 Å². The number of carboxylic acid groups (broad SMARTS) is 1. The zero-order chi connectivity index (χ0) is 21.7. The first-order chi connectivity index (χ1) is 13.6. The molecule has 8 heteroatoms. The number of nitrogens with zero attached hydrogens (tertiary/aromatic N) is 2. The normalized spacial score (nSPS) is 34.0. The Morgan fingerprint density at radius 3 is 2.52 bits per heavy atom. The van der Waals surface area contributed by atoms with E-state index in [0.29, 0.717) is 19.4 Å². The van der Waals surface area contributed by atoms with Crippen LogP contribution in [0.2, 0.25) is 0 Å². The quantitative estimate of drug-likeness (QED) is 0.578. The maximum absolute atomic E-state index is 13.8. The van der Waals surface area contributed by atoms with Gasteiger partial charge in [0.05, 0.1) is 30.6 Å². The molecule has 3 saturated heterocycles.